The van der Waals surface area contributed by atoms with Crippen LogP contribution >= 0.6 is 0 Å². The van der Waals surface area contributed by atoms with Crippen LogP contribution in [0.3, 0.4) is 0 Å². The van der Waals surface area contributed by atoms with E-state index in [1.807, 2.05) is 0 Å². The van der Waals surface area contributed by atoms with Crippen LogP contribution in [0.25, 0.3) is 21.9 Å². The Morgan fingerprint density at radius 1 is 0.885 bits per heavy atom. The van der Waals surface area contributed by atoms with E-state index < -0.39 is 5.97 Å². The van der Waals surface area contributed by atoms with Crippen molar-refractivity contribution >= 4 is 16.7 Å². The highest BCUT2D eigenvalue weighted by atomic mass is 16.5. The van der Waals surface area contributed by atoms with E-state index in [0.717, 1.165) is 10.8 Å². The van der Waals surface area contributed by atoms with Crippen molar-refractivity contribution in [3.63, 3.8) is 0 Å². The monoisotopic (exact) mass is 354 g/mol. The van der Waals surface area contributed by atoms with Crippen LogP contribution in [0.4, 0.5) is 0 Å². The molecular formula is C20H18O6. The molecule has 0 bridgehead atoms. The molecule has 0 saturated heterocycles. The maximum atomic E-state index is 11.8. The molecule has 0 heterocycles. The van der Waals surface area contributed by atoms with Gasteiger partial charge in [-0.15, -0.1) is 0 Å². The molecule has 2 N–H and O–H groups in total. The number of carbonyl (C=O) groups is 1. The van der Waals surface area contributed by atoms with Gasteiger partial charge in [-0.3, -0.25) is 0 Å². The highest BCUT2D eigenvalue weighted by Crippen LogP contribution is 2.44. The topological polar surface area (TPSA) is 85.2 Å². The number of hydrogen-bond acceptors (Lipinski definition) is 6. The number of ether oxygens (including phenoxy) is 3. The normalized spacial score (nSPS) is 10.6. The van der Waals surface area contributed by atoms with Crippen molar-refractivity contribution in [1.29, 1.82) is 0 Å². The first-order valence-electron chi connectivity index (χ1n) is 7.79. The van der Waals surface area contributed by atoms with Gasteiger partial charge in [0.25, 0.3) is 0 Å². The van der Waals surface area contributed by atoms with Gasteiger partial charge in [0.1, 0.15) is 5.75 Å². The third-order valence-corrected chi connectivity index (χ3v) is 4.19. The lowest BCUT2D eigenvalue weighted by Crippen LogP contribution is -2.00. The molecule has 0 radical (unpaired) electrons. The van der Waals surface area contributed by atoms with Gasteiger partial charge >= 0.3 is 5.97 Å². The molecule has 26 heavy (non-hydrogen) atoms. The molecule has 134 valence electrons. The minimum absolute atomic E-state index is 0.0538. The Kier molecular flexibility index (Phi) is 4.58. The molecule has 0 saturated carbocycles. The highest BCUT2D eigenvalue weighted by molar-refractivity contribution is 6.03. The van der Waals surface area contributed by atoms with Gasteiger partial charge in [-0.2, -0.15) is 0 Å². The Morgan fingerprint density at radius 3 is 2.12 bits per heavy atom. The maximum absolute atomic E-state index is 11.8. The van der Waals surface area contributed by atoms with Crippen molar-refractivity contribution < 1.29 is 29.2 Å². The number of aromatic hydroxyl groups is 2. The van der Waals surface area contributed by atoms with Gasteiger partial charge < -0.3 is 24.4 Å². The molecule has 3 aromatic carbocycles. The Labute approximate surface area is 150 Å². The zero-order valence-electron chi connectivity index (χ0n) is 14.6. The molecule has 0 aromatic heterocycles. The molecule has 6 heteroatoms. The van der Waals surface area contributed by atoms with E-state index in [9.17, 15) is 15.0 Å². The SMILES string of the molecule is COC(=O)c1ccc2c(-c3cc(OC)c(O)c(OC)c3)c(O)ccc2c1. The lowest BCUT2D eigenvalue weighted by Gasteiger charge is -2.14. The van der Waals surface area contributed by atoms with E-state index in [1.54, 1.807) is 42.5 Å². The molecule has 6 nitrogen and oxygen atoms in total. The molecule has 3 aromatic rings. The third kappa shape index (κ3) is 2.86. The number of phenols is 2. The van der Waals surface area contributed by atoms with Crippen molar-refractivity contribution in [3.05, 3.63) is 48.0 Å². The average Bonchev–Trinajstić information content (AvgIpc) is 2.67. The van der Waals surface area contributed by atoms with E-state index in [4.69, 9.17) is 14.2 Å². The number of methoxy groups -OCH3 is 3. The van der Waals surface area contributed by atoms with Crippen LogP contribution in [0.15, 0.2) is 42.5 Å². The van der Waals surface area contributed by atoms with Crippen molar-refractivity contribution in [1.82, 2.24) is 0 Å². The first-order chi connectivity index (χ1) is 12.5. The summed E-state index contributed by atoms with van der Waals surface area (Å²) in [5.74, 6) is -0.0528. The summed E-state index contributed by atoms with van der Waals surface area (Å²) in [6.07, 6.45) is 0. The zero-order valence-corrected chi connectivity index (χ0v) is 14.6. The molecule has 3 rings (SSSR count). The number of phenolic OH excluding ortho intramolecular Hbond substituents is 2. The van der Waals surface area contributed by atoms with Gasteiger partial charge in [-0.1, -0.05) is 12.1 Å². The number of benzene rings is 3. The lowest BCUT2D eigenvalue weighted by atomic mass is 9.95. The van der Waals surface area contributed by atoms with E-state index >= 15 is 0 Å². The fourth-order valence-corrected chi connectivity index (χ4v) is 2.90. The molecule has 0 atom stereocenters. The largest absolute Gasteiger partial charge is 0.507 e. The predicted molar refractivity (Wildman–Crippen MR) is 97.2 cm³/mol. The van der Waals surface area contributed by atoms with Gasteiger partial charge in [-0.05, 0) is 46.7 Å². The van der Waals surface area contributed by atoms with Crippen LogP contribution in [0.2, 0.25) is 0 Å². The second-order valence-corrected chi connectivity index (χ2v) is 5.62. The minimum atomic E-state index is -0.436. The third-order valence-electron chi connectivity index (χ3n) is 4.19. The Balaban J connectivity index is 2.28. The van der Waals surface area contributed by atoms with Gasteiger partial charge in [0.05, 0.1) is 26.9 Å². The quantitative estimate of drug-likeness (QED) is 0.695. The molecule has 0 amide bonds. The van der Waals surface area contributed by atoms with Crippen LogP contribution in [0.1, 0.15) is 10.4 Å². The Hall–Kier alpha value is -3.41. The fraction of sp³-hybridized carbons (Fsp3) is 0.150. The standard InChI is InChI=1S/C20H18O6/c1-24-16-9-13(10-17(25-2)19(16)22)18-14-6-4-12(20(23)26-3)8-11(14)5-7-15(18)21/h4-10,21-22H,1-3H3. The van der Waals surface area contributed by atoms with Crippen molar-refractivity contribution in [3.8, 4) is 34.1 Å². The Morgan fingerprint density at radius 2 is 1.54 bits per heavy atom. The second-order valence-electron chi connectivity index (χ2n) is 5.62. The van der Waals surface area contributed by atoms with E-state index in [-0.39, 0.29) is 23.0 Å². The van der Waals surface area contributed by atoms with Crippen molar-refractivity contribution in [2.45, 2.75) is 0 Å². The first-order valence-corrected chi connectivity index (χ1v) is 7.79. The molecule has 0 aliphatic heterocycles. The van der Waals surface area contributed by atoms with Gasteiger partial charge in [0.2, 0.25) is 5.75 Å². The van der Waals surface area contributed by atoms with Crippen LogP contribution in [-0.2, 0) is 4.74 Å². The van der Waals surface area contributed by atoms with E-state index in [1.165, 1.54) is 21.3 Å². The second kappa shape index (κ2) is 6.84. The van der Waals surface area contributed by atoms with E-state index in [2.05, 4.69) is 0 Å². The molecule has 0 aliphatic rings. The number of esters is 1. The summed E-state index contributed by atoms with van der Waals surface area (Å²) < 4.78 is 15.1. The summed E-state index contributed by atoms with van der Waals surface area (Å²) in [6, 6.07) is 11.6. The average molecular weight is 354 g/mol. The molecule has 0 aliphatic carbocycles. The van der Waals surface area contributed by atoms with Crippen LogP contribution in [0.5, 0.6) is 23.0 Å². The predicted octanol–water partition coefficient (Wildman–Crippen LogP) is 3.72. The number of hydrogen-bond donors (Lipinski definition) is 2. The summed E-state index contributed by atoms with van der Waals surface area (Å²) >= 11 is 0. The molecule has 0 spiro atoms. The number of fused-ring (bicyclic) bond motifs is 1. The van der Waals surface area contributed by atoms with Crippen molar-refractivity contribution in [2.24, 2.45) is 0 Å². The van der Waals surface area contributed by atoms with Crippen LogP contribution < -0.4 is 9.47 Å². The summed E-state index contributed by atoms with van der Waals surface area (Å²) in [7, 11) is 4.19. The molecule has 0 fully saturated rings. The Bertz CT molecular complexity index is 968. The van der Waals surface area contributed by atoms with Gasteiger partial charge in [0.15, 0.2) is 11.5 Å². The number of rotatable bonds is 4. The molecular weight excluding hydrogens is 336 g/mol. The lowest BCUT2D eigenvalue weighted by molar-refractivity contribution is 0.0601. The fourth-order valence-electron chi connectivity index (χ4n) is 2.90. The van der Waals surface area contributed by atoms with Crippen LogP contribution in [0, 0.1) is 0 Å². The highest BCUT2D eigenvalue weighted by Gasteiger charge is 2.17. The smallest absolute Gasteiger partial charge is 0.337 e. The maximum Gasteiger partial charge on any atom is 0.337 e. The van der Waals surface area contributed by atoms with Crippen molar-refractivity contribution in [2.75, 3.05) is 21.3 Å². The summed E-state index contributed by atoms with van der Waals surface area (Å²) in [5.41, 5.74) is 1.55. The first kappa shape index (κ1) is 17.4. The van der Waals surface area contributed by atoms with Gasteiger partial charge in [0, 0.05) is 5.56 Å². The summed E-state index contributed by atoms with van der Waals surface area (Å²) in [4.78, 5) is 11.8. The van der Waals surface area contributed by atoms with Gasteiger partial charge in [-0.25, -0.2) is 4.79 Å². The zero-order chi connectivity index (χ0) is 18.8. The number of carbonyl (C=O) groups excluding carboxylic acids is 1. The summed E-state index contributed by atoms with van der Waals surface area (Å²) in [5, 5.41) is 22.0. The molecule has 0 unspecified atom stereocenters. The van der Waals surface area contributed by atoms with Crippen LogP contribution in [-0.4, -0.2) is 37.5 Å². The summed E-state index contributed by atoms with van der Waals surface area (Å²) in [6.45, 7) is 0. The van der Waals surface area contributed by atoms with E-state index in [0.29, 0.717) is 16.7 Å². The minimum Gasteiger partial charge on any atom is -0.507 e.